The van der Waals surface area contributed by atoms with Gasteiger partial charge < -0.3 is 19.6 Å². The summed E-state index contributed by atoms with van der Waals surface area (Å²) >= 11 is 0. The van der Waals surface area contributed by atoms with Crippen LogP contribution in [0, 0.1) is 6.92 Å². The Hall–Kier alpha value is -4.13. The summed E-state index contributed by atoms with van der Waals surface area (Å²) in [5.74, 6) is 3.41. The van der Waals surface area contributed by atoms with Crippen LogP contribution in [0.1, 0.15) is 68.2 Å². The predicted molar refractivity (Wildman–Crippen MR) is 164 cm³/mol. The Kier molecular flexibility index (Phi) is 8.48. The molecule has 7 nitrogen and oxygen atoms in total. The molecular weight excluding hydrogens is 496 g/mol. The van der Waals surface area contributed by atoms with Gasteiger partial charge in [0.25, 0.3) is 0 Å². The van der Waals surface area contributed by atoms with Crippen molar-refractivity contribution in [3.8, 4) is 11.3 Å². The van der Waals surface area contributed by atoms with Crippen LogP contribution < -0.4 is 4.90 Å². The average molecular weight is 537 g/mol. The van der Waals surface area contributed by atoms with Crippen LogP contribution >= 0.6 is 0 Å². The van der Waals surface area contributed by atoms with Crippen LogP contribution in [0.4, 0.5) is 5.82 Å². The van der Waals surface area contributed by atoms with Gasteiger partial charge in [0.05, 0.1) is 23.9 Å². The molecule has 0 atom stereocenters. The number of aromatic amines is 2. The molecule has 40 heavy (non-hydrogen) atoms. The number of imidazole rings is 1. The number of nitrogens with zero attached hydrogens (tertiary/aromatic N) is 4. The van der Waals surface area contributed by atoms with Crippen LogP contribution in [-0.4, -0.2) is 45.1 Å². The van der Waals surface area contributed by atoms with E-state index in [0.717, 1.165) is 96.3 Å². The second kappa shape index (κ2) is 12.4. The molecule has 0 amide bonds. The second-order valence-corrected chi connectivity index (χ2v) is 10.5. The molecule has 1 saturated heterocycles. The zero-order valence-corrected chi connectivity index (χ0v) is 24.1. The minimum Gasteiger partial charge on any atom is -0.501 e. The van der Waals surface area contributed by atoms with Crippen molar-refractivity contribution in [1.29, 1.82) is 0 Å². The lowest BCUT2D eigenvalue weighted by molar-refractivity contribution is 0.276. The molecule has 1 fully saturated rings. The molecule has 3 aromatic heterocycles. The van der Waals surface area contributed by atoms with E-state index in [1.807, 2.05) is 6.08 Å². The Balaban J connectivity index is 1.34. The Morgan fingerprint density at radius 3 is 2.58 bits per heavy atom. The second-order valence-electron chi connectivity index (χ2n) is 10.5. The number of benzene rings is 1. The summed E-state index contributed by atoms with van der Waals surface area (Å²) in [4.78, 5) is 23.8. The molecule has 4 heterocycles. The van der Waals surface area contributed by atoms with Gasteiger partial charge in [0.15, 0.2) is 0 Å². The summed E-state index contributed by atoms with van der Waals surface area (Å²) < 4.78 is 5.60. The highest BCUT2D eigenvalue weighted by molar-refractivity contribution is 5.92. The SMILES string of the molecule is C=C/C=C(\C=C(/CCC)OC)c1cc2c(N3CCC(c4nc(-c5ccc(CC)cc5)c(C)[nH]4)CC3)ncnc2[nH]1. The molecular formula is C33H40N6O. The number of nitrogens with one attached hydrogen (secondary N) is 2. The quantitative estimate of drug-likeness (QED) is 0.162. The summed E-state index contributed by atoms with van der Waals surface area (Å²) in [7, 11) is 1.72. The van der Waals surface area contributed by atoms with E-state index in [4.69, 9.17) is 14.7 Å². The van der Waals surface area contributed by atoms with Gasteiger partial charge in [-0.25, -0.2) is 15.0 Å². The predicted octanol–water partition coefficient (Wildman–Crippen LogP) is 7.50. The van der Waals surface area contributed by atoms with Crippen LogP contribution in [0.5, 0.6) is 0 Å². The Morgan fingerprint density at radius 2 is 1.90 bits per heavy atom. The molecule has 5 rings (SSSR count). The lowest BCUT2D eigenvalue weighted by Crippen LogP contribution is -2.33. The molecule has 0 radical (unpaired) electrons. The van der Waals surface area contributed by atoms with E-state index < -0.39 is 0 Å². The lowest BCUT2D eigenvalue weighted by atomic mass is 9.96. The fourth-order valence-electron chi connectivity index (χ4n) is 5.55. The van der Waals surface area contributed by atoms with Crippen LogP contribution in [0.3, 0.4) is 0 Å². The van der Waals surface area contributed by atoms with Gasteiger partial charge in [-0.3, -0.25) is 0 Å². The third-order valence-electron chi connectivity index (χ3n) is 7.81. The summed E-state index contributed by atoms with van der Waals surface area (Å²) in [6.45, 7) is 12.2. The van der Waals surface area contributed by atoms with Crippen molar-refractivity contribution in [2.24, 2.45) is 0 Å². The van der Waals surface area contributed by atoms with E-state index in [9.17, 15) is 0 Å². The van der Waals surface area contributed by atoms with Crippen LogP contribution in [0.25, 0.3) is 27.9 Å². The molecule has 208 valence electrons. The molecule has 0 spiro atoms. The van der Waals surface area contributed by atoms with Crippen molar-refractivity contribution < 1.29 is 4.74 Å². The number of H-pyrrole nitrogens is 2. The number of anilines is 1. The largest absolute Gasteiger partial charge is 0.501 e. The van der Waals surface area contributed by atoms with Gasteiger partial charge in [-0.1, -0.05) is 56.8 Å². The molecule has 0 aliphatic carbocycles. The number of aryl methyl sites for hydroxylation is 2. The van der Waals surface area contributed by atoms with Crippen molar-refractivity contribution in [2.45, 2.75) is 58.8 Å². The summed E-state index contributed by atoms with van der Waals surface area (Å²) in [5.41, 5.74) is 7.53. The standard InChI is InChI=1S/C33H40N6O/c1-6-9-26(19-27(40-5)10-7-2)29-20-28-32(37-29)34-21-35-33(28)39-17-15-25(16-18-39)31-36-22(4)30(38-31)24-13-11-23(8-3)12-14-24/h6,9,11-14,19-21,25H,1,7-8,10,15-18H2,2-5H3,(H,36,38)(H,34,35,37)/b26-9+,27-19+. The molecule has 0 saturated carbocycles. The number of rotatable bonds is 10. The van der Waals surface area contributed by atoms with Crippen LogP contribution in [0.2, 0.25) is 0 Å². The Morgan fingerprint density at radius 1 is 1.12 bits per heavy atom. The number of hydrogen-bond acceptors (Lipinski definition) is 5. The first-order valence-electron chi connectivity index (χ1n) is 14.4. The highest BCUT2D eigenvalue weighted by Gasteiger charge is 2.26. The van der Waals surface area contributed by atoms with E-state index in [2.05, 4.69) is 83.6 Å². The first kappa shape index (κ1) is 27.4. The fourth-order valence-corrected chi connectivity index (χ4v) is 5.55. The lowest BCUT2D eigenvalue weighted by Gasteiger charge is -2.32. The molecule has 1 aromatic carbocycles. The maximum atomic E-state index is 5.60. The minimum absolute atomic E-state index is 0.399. The molecule has 1 aliphatic heterocycles. The van der Waals surface area contributed by atoms with Gasteiger partial charge in [-0.05, 0) is 50.3 Å². The molecule has 2 N–H and O–H groups in total. The number of ether oxygens (including phenoxy) is 1. The van der Waals surface area contributed by atoms with Crippen LogP contribution in [-0.2, 0) is 11.2 Å². The number of allylic oxidation sites excluding steroid dienone is 5. The van der Waals surface area contributed by atoms with Gasteiger partial charge in [0, 0.05) is 48.0 Å². The van der Waals surface area contributed by atoms with Crippen molar-refractivity contribution >= 4 is 22.4 Å². The van der Waals surface area contributed by atoms with E-state index in [1.165, 1.54) is 11.1 Å². The zero-order chi connectivity index (χ0) is 28.1. The zero-order valence-electron chi connectivity index (χ0n) is 24.1. The number of aromatic nitrogens is 5. The average Bonchev–Trinajstić information content (AvgIpc) is 3.60. The van der Waals surface area contributed by atoms with Crippen molar-refractivity contribution in [1.82, 2.24) is 24.9 Å². The number of piperidine rings is 1. The molecule has 0 unspecified atom stereocenters. The van der Waals surface area contributed by atoms with Gasteiger partial charge >= 0.3 is 0 Å². The normalized spacial score (nSPS) is 15.2. The van der Waals surface area contributed by atoms with Gasteiger partial charge in [0.2, 0.25) is 0 Å². The van der Waals surface area contributed by atoms with E-state index in [0.29, 0.717) is 5.92 Å². The maximum absolute atomic E-state index is 5.60. The first-order valence-corrected chi connectivity index (χ1v) is 14.4. The topological polar surface area (TPSA) is 82.7 Å². The highest BCUT2D eigenvalue weighted by atomic mass is 16.5. The fraction of sp³-hybridized carbons (Fsp3) is 0.364. The molecule has 7 heteroatoms. The number of methoxy groups -OCH3 is 1. The summed E-state index contributed by atoms with van der Waals surface area (Å²) in [5, 5.41) is 1.03. The third-order valence-corrected chi connectivity index (χ3v) is 7.81. The van der Waals surface area contributed by atoms with Gasteiger partial charge in [0.1, 0.15) is 23.6 Å². The molecule has 0 bridgehead atoms. The first-order chi connectivity index (χ1) is 19.5. The van der Waals surface area contributed by atoms with Gasteiger partial charge in [-0.2, -0.15) is 0 Å². The van der Waals surface area contributed by atoms with Crippen LogP contribution in [0.15, 0.2) is 67.2 Å². The summed E-state index contributed by atoms with van der Waals surface area (Å²) in [6.07, 6.45) is 12.5. The van der Waals surface area contributed by atoms with Crippen molar-refractivity contribution in [3.05, 3.63) is 90.0 Å². The number of hydrogen-bond donors (Lipinski definition) is 2. The molecule has 1 aliphatic rings. The smallest absolute Gasteiger partial charge is 0.143 e. The van der Waals surface area contributed by atoms with Crippen molar-refractivity contribution in [3.63, 3.8) is 0 Å². The monoisotopic (exact) mass is 536 g/mol. The Labute approximate surface area is 237 Å². The van der Waals surface area contributed by atoms with E-state index >= 15 is 0 Å². The van der Waals surface area contributed by atoms with E-state index in [-0.39, 0.29) is 0 Å². The Bertz CT molecular complexity index is 1520. The third kappa shape index (κ3) is 5.74. The van der Waals surface area contributed by atoms with E-state index in [1.54, 1.807) is 19.5 Å². The molecule has 4 aromatic rings. The van der Waals surface area contributed by atoms with Gasteiger partial charge in [-0.15, -0.1) is 0 Å². The minimum atomic E-state index is 0.399. The number of fused-ring (bicyclic) bond motifs is 1. The highest BCUT2D eigenvalue weighted by Crippen LogP contribution is 2.34. The van der Waals surface area contributed by atoms with Crippen molar-refractivity contribution in [2.75, 3.05) is 25.1 Å². The maximum Gasteiger partial charge on any atom is 0.143 e. The summed E-state index contributed by atoms with van der Waals surface area (Å²) in [6, 6.07) is 10.9.